The Kier molecular flexibility index (Phi) is 5.57. The van der Waals surface area contributed by atoms with Crippen LogP contribution in [0.15, 0.2) is 24.3 Å². The predicted molar refractivity (Wildman–Crippen MR) is 78.8 cm³/mol. The van der Waals surface area contributed by atoms with Gasteiger partial charge in [-0.1, -0.05) is 50.6 Å². The molecule has 0 saturated heterocycles. The molecule has 0 saturated carbocycles. The summed E-state index contributed by atoms with van der Waals surface area (Å²) in [5, 5.41) is 12.2. The van der Waals surface area contributed by atoms with Crippen LogP contribution in [0.5, 0.6) is 0 Å². The first-order valence-electron chi connectivity index (χ1n) is 6.44. The van der Waals surface area contributed by atoms with E-state index in [4.69, 9.17) is 16.7 Å². The number of carbonyl (C=O) groups is 2. The van der Waals surface area contributed by atoms with Crippen molar-refractivity contribution in [3.05, 3.63) is 34.9 Å². The minimum atomic E-state index is -0.928. The van der Waals surface area contributed by atoms with Gasteiger partial charge in [0.2, 0.25) is 5.91 Å². The van der Waals surface area contributed by atoms with Gasteiger partial charge in [0.15, 0.2) is 0 Å². The first-order valence-corrected chi connectivity index (χ1v) is 6.82. The maximum atomic E-state index is 12.0. The molecule has 0 fully saturated rings. The van der Waals surface area contributed by atoms with Gasteiger partial charge in [0.25, 0.3) is 0 Å². The van der Waals surface area contributed by atoms with E-state index in [9.17, 15) is 9.59 Å². The highest BCUT2D eigenvalue weighted by Crippen LogP contribution is 2.22. The number of amides is 1. The van der Waals surface area contributed by atoms with Crippen LogP contribution in [0.25, 0.3) is 0 Å². The molecule has 0 aliphatic carbocycles. The van der Waals surface area contributed by atoms with Crippen molar-refractivity contribution in [2.45, 2.75) is 39.7 Å². The number of rotatable bonds is 5. The largest absolute Gasteiger partial charge is 0.481 e. The molecule has 0 heterocycles. The molecule has 5 heteroatoms. The molecule has 0 bridgehead atoms. The van der Waals surface area contributed by atoms with Gasteiger partial charge in [0.05, 0.1) is 12.8 Å². The maximum Gasteiger partial charge on any atom is 0.305 e. The fourth-order valence-corrected chi connectivity index (χ4v) is 2.01. The van der Waals surface area contributed by atoms with Crippen LogP contribution >= 0.6 is 11.6 Å². The lowest BCUT2D eigenvalue weighted by molar-refractivity contribution is -0.138. The van der Waals surface area contributed by atoms with Crippen molar-refractivity contribution in [2.75, 3.05) is 0 Å². The van der Waals surface area contributed by atoms with Crippen molar-refractivity contribution < 1.29 is 14.7 Å². The summed E-state index contributed by atoms with van der Waals surface area (Å²) < 4.78 is 0. The molecule has 0 aliphatic rings. The summed E-state index contributed by atoms with van der Waals surface area (Å²) in [6, 6.07) is 6.70. The van der Waals surface area contributed by atoms with Gasteiger partial charge < -0.3 is 10.4 Å². The molecule has 0 aliphatic heterocycles. The molecule has 1 rings (SSSR count). The lowest BCUT2D eigenvalue weighted by Crippen LogP contribution is -2.45. The second-order valence-electron chi connectivity index (χ2n) is 5.85. The van der Waals surface area contributed by atoms with Crippen molar-refractivity contribution in [3.8, 4) is 0 Å². The predicted octanol–water partition coefficient (Wildman–Crippen LogP) is 2.89. The van der Waals surface area contributed by atoms with Gasteiger partial charge in [-0.05, 0) is 17.0 Å². The van der Waals surface area contributed by atoms with E-state index in [0.29, 0.717) is 5.02 Å². The zero-order valence-corrected chi connectivity index (χ0v) is 12.7. The number of benzene rings is 1. The molecule has 1 unspecified atom stereocenters. The summed E-state index contributed by atoms with van der Waals surface area (Å²) >= 11 is 6.00. The quantitative estimate of drug-likeness (QED) is 0.878. The van der Waals surface area contributed by atoms with E-state index in [0.717, 1.165) is 5.56 Å². The van der Waals surface area contributed by atoms with Gasteiger partial charge in [-0.15, -0.1) is 0 Å². The Bertz CT molecular complexity index is 494. The smallest absolute Gasteiger partial charge is 0.305 e. The zero-order chi connectivity index (χ0) is 15.3. The van der Waals surface area contributed by atoms with Gasteiger partial charge in [-0.3, -0.25) is 9.59 Å². The molecular formula is C15H20ClNO3. The van der Waals surface area contributed by atoms with Crippen LogP contribution in [0.3, 0.4) is 0 Å². The van der Waals surface area contributed by atoms with Crippen LogP contribution in [0.2, 0.25) is 5.02 Å². The summed E-state index contributed by atoms with van der Waals surface area (Å²) in [6.45, 7) is 5.70. The highest BCUT2D eigenvalue weighted by atomic mass is 35.5. The van der Waals surface area contributed by atoms with Crippen LogP contribution < -0.4 is 5.32 Å². The van der Waals surface area contributed by atoms with Crippen molar-refractivity contribution in [3.63, 3.8) is 0 Å². The highest BCUT2D eigenvalue weighted by Gasteiger charge is 2.28. The summed E-state index contributed by atoms with van der Waals surface area (Å²) in [5.74, 6) is -1.15. The molecule has 1 aromatic rings. The lowest BCUT2D eigenvalue weighted by Gasteiger charge is -2.30. The van der Waals surface area contributed by atoms with Crippen molar-refractivity contribution in [2.24, 2.45) is 5.41 Å². The standard InChI is InChI=1S/C15H20ClNO3/c1-15(2,3)12(9-14(19)20)17-13(18)8-10-6-4-5-7-11(10)16/h4-7,12H,8-9H2,1-3H3,(H,17,18)(H,19,20). The first-order chi connectivity index (χ1) is 9.20. The Morgan fingerprint density at radius 2 is 1.90 bits per heavy atom. The average molecular weight is 298 g/mol. The summed E-state index contributed by atoms with van der Waals surface area (Å²) in [6.07, 6.45) is 0.0453. The van der Waals surface area contributed by atoms with Crippen LogP contribution in [0, 0.1) is 5.41 Å². The van der Waals surface area contributed by atoms with E-state index in [1.165, 1.54) is 0 Å². The summed E-state index contributed by atoms with van der Waals surface area (Å²) in [7, 11) is 0. The van der Waals surface area contributed by atoms with Gasteiger partial charge in [-0.25, -0.2) is 0 Å². The minimum absolute atomic E-state index is 0.0994. The Morgan fingerprint density at radius 3 is 2.40 bits per heavy atom. The fraction of sp³-hybridized carbons (Fsp3) is 0.467. The number of carboxylic acid groups (broad SMARTS) is 1. The van der Waals surface area contributed by atoms with Crippen LogP contribution in [-0.4, -0.2) is 23.0 Å². The van der Waals surface area contributed by atoms with Crippen LogP contribution in [0.4, 0.5) is 0 Å². The van der Waals surface area contributed by atoms with Gasteiger partial charge in [0, 0.05) is 11.1 Å². The zero-order valence-electron chi connectivity index (χ0n) is 11.9. The Balaban J connectivity index is 2.72. The SMILES string of the molecule is CC(C)(C)C(CC(=O)O)NC(=O)Cc1ccccc1Cl. The third kappa shape index (κ3) is 5.21. The van der Waals surface area contributed by atoms with E-state index in [1.807, 2.05) is 26.8 Å². The third-order valence-corrected chi connectivity index (χ3v) is 3.44. The third-order valence-electron chi connectivity index (χ3n) is 3.07. The fourth-order valence-electron chi connectivity index (χ4n) is 1.81. The van der Waals surface area contributed by atoms with Crippen molar-refractivity contribution in [1.82, 2.24) is 5.32 Å². The van der Waals surface area contributed by atoms with Crippen molar-refractivity contribution in [1.29, 1.82) is 0 Å². The van der Waals surface area contributed by atoms with Gasteiger partial charge in [0.1, 0.15) is 0 Å². The molecule has 1 amide bonds. The first kappa shape index (κ1) is 16.5. The number of hydrogen-bond donors (Lipinski definition) is 2. The Hall–Kier alpha value is -1.55. The number of carboxylic acids is 1. The number of halogens is 1. The van der Waals surface area contributed by atoms with Crippen LogP contribution in [0.1, 0.15) is 32.8 Å². The average Bonchev–Trinajstić information content (AvgIpc) is 2.29. The van der Waals surface area contributed by atoms with E-state index < -0.39 is 12.0 Å². The lowest BCUT2D eigenvalue weighted by atomic mass is 9.84. The van der Waals surface area contributed by atoms with Gasteiger partial charge >= 0.3 is 5.97 Å². The number of aliphatic carboxylic acids is 1. The van der Waals surface area contributed by atoms with E-state index in [1.54, 1.807) is 18.2 Å². The molecule has 4 nitrogen and oxygen atoms in total. The summed E-state index contributed by atoms with van der Waals surface area (Å²) in [5.41, 5.74) is 0.406. The van der Waals surface area contributed by atoms with Crippen LogP contribution in [-0.2, 0) is 16.0 Å². The topological polar surface area (TPSA) is 66.4 Å². The molecular weight excluding hydrogens is 278 g/mol. The molecule has 110 valence electrons. The molecule has 20 heavy (non-hydrogen) atoms. The normalized spacial score (nSPS) is 12.8. The number of carbonyl (C=O) groups excluding carboxylic acids is 1. The highest BCUT2D eigenvalue weighted by molar-refractivity contribution is 6.31. The second kappa shape index (κ2) is 6.75. The molecule has 1 aromatic carbocycles. The molecule has 1 atom stereocenters. The molecule has 0 spiro atoms. The number of hydrogen-bond acceptors (Lipinski definition) is 2. The Labute approximate surface area is 124 Å². The van der Waals surface area contributed by atoms with E-state index >= 15 is 0 Å². The summed E-state index contributed by atoms with van der Waals surface area (Å²) in [4.78, 5) is 22.9. The van der Waals surface area contributed by atoms with Gasteiger partial charge in [-0.2, -0.15) is 0 Å². The van der Waals surface area contributed by atoms with E-state index in [2.05, 4.69) is 5.32 Å². The van der Waals surface area contributed by atoms with Crippen molar-refractivity contribution >= 4 is 23.5 Å². The minimum Gasteiger partial charge on any atom is -0.481 e. The number of nitrogens with one attached hydrogen (secondary N) is 1. The molecule has 2 N–H and O–H groups in total. The second-order valence-corrected chi connectivity index (χ2v) is 6.26. The van der Waals surface area contributed by atoms with E-state index in [-0.39, 0.29) is 24.2 Å². The Morgan fingerprint density at radius 1 is 1.30 bits per heavy atom. The monoisotopic (exact) mass is 297 g/mol. The molecule has 0 radical (unpaired) electrons. The maximum absolute atomic E-state index is 12.0. The molecule has 0 aromatic heterocycles.